The van der Waals surface area contributed by atoms with Crippen LogP contribution < -0.4 is 0 Å². The second-order valence-electron chi connectivity index (χ2n) is 1.84. The van der Waals surface area contributed by atoms with Crippen molar-refractivity contribution in [1.29, 1.82) is 0 Å². The molecular formula is C10H12S2. The van der Waals surface area contributed by atoms with E-state index in [-0.39, 0.29) is 0 Å². The third-order valence-electron chi connectivity index (χ3n) is 0.950. The smallest absolute Gasteiger partial charge is 0.0324 e. The van der Waals surface area contributed by atoms with Gasteiger partial charge in [0.15, 0.2) is 0 Å². The zero-order valence-electron chi connectivity index (χ0n) is 6.67. The molecule has 0 heterocycles. The average Bonchev–Trinajstić information content (AvgIpc) is 2.10. The van der Waals surface area contributed by atoms with Crippen LogP contribution in [0.4, 0.5) is 0 Å². The molecule has 0 aromatic rings. The molecule has 0 fully saturated rings. The monoisotopic (exact) mass is 196 g/mol. The van der Waals surface area contributed by atoms with Gasteiger partial charge >= 0.3 is 0 Å². The van der Waals surface area contributed by atoms with Gasteiger partial charge in [-0.3, -0.25) is 0 Å². The van der Waals surface area contributed by atoms with Gasteiger partial charge in [0.25, 0.3) is 0 Å². The molecule has 12 heavy (non-hydrogen) atoms. The number of allylic oxidation sites excluding steroid dienone is 8. The molecule has 0 unspecified atom stereocenters. The molecule has 2 heteroatoms. The summed E-state index contributed by atoms with van der Waals surface area (Å²) < 4.78 is 0. The average molecular weight is 196 g/mol. The molecule has 0 atom stereocenters. The summed E-state index contributed by atoms with van der Waals surface area (Å²) in [5.41, 5.74) is 0. The first-order chi connectivity index (χ1) is 5.91. The van der Waals surface area contributed by atoms with Crippen LogP contribution in [0.3, 0.4) is 0 Å². The zero-order valence-corrected chi connectivity index (χ0v) is 8.46. The number of hydrogen-bond donors (Lipinski definition) is 2. The summed E-state index contributed by atoms with van der Waals surface area (Å²) in [6.07, 6.45) is 15.3. The summed E-state index contributed by atoms with van der Waals surface area (Å²) in [4.78, 5) is 0. The summed E-state index contributed by atoms with van der Waals surface area (Å²) in [5.74, 6) is 0. The predicted octanol–water partition coefficient (Wildman–Crippen LogP) is 3.54. The van der Waals surface area contributed by atoms with Crippen molar-refractivity contribution < 1.29 is 0 Å². The van der Waals surface area contributed by atoms with Crippen LogP contribution in [-0.4, -0.2) is 0 Å². The number of rotatable bonds is 4. The van der Waals surface area contributed by atoms with Gasteiger partial charge < -0.3 is 0 Å². The van der Waals surface area contributed by atoms with Crippen molar-refractivity contribution in [2.45, 2.75) is 0 Å². The fourth-order valence-corrected chi connectivity index (χ4v) is 0.683. The standard InChI is InChI=1S/C10H12S2/c11-9-7-5-3-1-2-4-6-8-10-12/h1-12H/b2-1+,5-3+,6-4+,9-7+,10-8+. The zero-order chi connectivity index (χ0) is 9.07. The predicted molar refractivity (Wildman–Crippen MR) is 63.7 cm³/mol. The molecule has 0 aromatic heterocycles. The van der Waals surface area contributed by atoms with E-state index in [9.17, 15) is 0 Å². The molecular weight excluding hydrogens is 184 g/mol. The lowest BCUT2D eigenvalue weighted by Gasteiger charge is -1.72. The van der Waals surface area contributed by atoms with Crippen LogP contribution in [0.15, 0.2) is 59.4 Å². The third kappa shape index (κ3) is 9.40. The molecule has 0 saturated heterocycles. The van der Waals surface area contributed by atoms with Gasteiger partial charge in [-0.05, 0) is 10.8 Å². The lowest BCUT2D eigenvalue weighted by atomic mass is 10.4. The molecule has 0 aliphatic rings. The van der Waals surface area contributed by atoms with E-state index in [1.165, 1.54) is 0 Å². The van der Waals surface area contributed by atoms with Crippen molar-refractivity contribution >= 4 is 25.3 Å². The maximum Gasteiger partial charge on any atom is -0.0324 e. The molecule has 0 saturated carbocycles. The van der Waals surface area contributed by atoms with Gasteiger partial charge in [0.05, 0.1) is 0 Å². The minimum absolute atomic E-state index is 1.68. The van der Waals surface area contributed by atoms with Crippen molar-refractivity contribution in [1.82, 2.24) is 0 Å². The largest absolute Gasteiger partial charge is 0.151 e. The van der Waals surface area contributed by atoms with Gasteiger partial charge in [-0.15, -0.1) is 0 Å². The van der Waals surface area contributed by atoms with Crippen molar-refractivity contribution in [3.63, 3.8) is 0 Å². The van der Waals surface area contributed by atoms with E-state index in [0.29, 0.717) is 0 Å². The first-order valence-electron chi connectivity index (χ1n) is 3.52. The Hall–Kier alpha value is -0.600. The van der Waals surface area contributed by atoms with Crippen LogP contribution >= 0.6 is 25.3 Å². The molecule has 0 nitrogen and oxygen atoms in total. The Morgan fingerprint density at radius 1 is 0.417 bits per heavy atom. The second kappa shape index (κ2) is 10.4. The van der Waals surface area contributed by atoms with Gasteiger partial charge in [-0.2, -0.15) is 25.3 Å². The highest BCUT2D eigenvalue weighted by Gasteiger charge is 1.61. The van der Waals surface area contributed by atoms with Gasteiger partial charge in [-0.25, -0.2) is 0 Å². The van der Waals surface area contributed by atoms with E-state index in [0.717, 1.165) is 0 Å². The van der Waals surface area contributed by atoms with Crippen LogP contribution in [0.5, 0.6) is 0 Å². The van der Waals surface area contributed by atoms with Crippen LogP contribution in [0.2, 0.25) is 0 Å². The fourth-order valence-electron chi connectivity index (χ4n) is 0.484. The number of hydrogen-bond acceptors (Lipinski definition) is 2. The first kappa shape index (κ1) is 11.4. The van der Waals surface area contributed by atoms with E-state index in [2.05, 4.69) is 25.3 Å². The summed E-state index contributed by atoms with van der Waals surface area (Å²) in [7, 11) is 0. The highest BCUT2D eigenvalue weighted by molar-refractivity contribution is 7.83. The van der Waals surface area contributed by atoms with Gasteiger partial charge in [0.2, 0.25) is 0 Å². The van der Waals surface area contributed by atoms with Crippen LogP contribution in [-0.2, 0) is 0 Å². The summed E-state index contributed by atoms with van der Waals surface area (Å²) in [5, 5.41) is 3.37. The fraction of sp³-hybridized carbons (Fsp3) is 0. The Labute approximate surface area is 84.9 Å². The van der Waals surface area contributed by atoms with E-state index in [1.807, 2.05) is 48.6 Å². The summed E-state index contributed by atoms with van der Waals surface area (Å²) in [6, 6.07) is 0. The molecule has 0 amide bonds. The number of thiol groups is 2. The molecule has 0 aromatic carbocycles. The van der Waals surface area contributed by atoms with E-state index >= 15 is 0 Å². The molecule has 0 aliphatic carbocycles. The van der Waals surface area contributed by atoms with Crippen LogP contribution in [0.25, 0.3) is 0 Å². The first-order valence-corrected chi connectivity index (χ1v) is 4.55. The summed E-state index contributed by atoms with van der Waals surface area (Å²) >= 11 is 7.81. The maximum atomic E-state index is 3.90. The van der Waals surface area contributed by atoms with E-state index < -0.39 is 0 Å². The van der Waals surface area contributed by atoms with Crippen molar-refractivity contribution in [2.24, 2.45) is 0 Å². The van der Waals surface area contributed by atoms with Crippen LogP contribution in [0.1, 0.15) is 0 Å². The molecule has 64 valence electrons. The van der Waals surface area contributed by atoms with Crippen molar-refractivity contribution in [2.75, 3.05) is 0 Å². The van der Waals surface area contributed by atoms with Crippen molar-refractivity contribution in [3.8, 4) is 0 Å². The third-order valence-corrected chi connectivity index (χ3v) is 1.29. The molecule has 0 rings (SSSR count). The highest BCUT2D eigenvalue weighted by atomic mass is 32.1. The molecule has 0 spiro atoms. The Morgan fingerprint density at radius 2 is 0.667 bits per heavy atom. The quantitative estimate of drug-likeness (QED) is 0.498. The molecule has 0 aliphatic heterocycles. The van der Waals surface area contributed by atoms with Crippen LogP contribution in [0, 0.1) is 0 Å². The lowest BCUT2D eigenvalue weighted by molar-refractivity contribution is 1.87. The molecule has 0 bridgehead atoms. The Balaban J connectivity index is 3.62. The van der Waals surface area contributed by atoms with Gasteiger partial charge in [-0.1, -0.05) is 48.6 Å². The minimum atomic E-state index is 1.68. The lowest BCUT2D eigenvalue weighted by Crippen LogP contribution is -1.50. The second-order valence-corrected chi connectivity index (χ2v) is 2.43. The minimum Gasteiger partial charge on any atom is -0.151 e. The Morgan fingerprint density at radius 3 is 0.917 bits per heavy atom. The highest BCUT2D eigenvalue weighted by Crippen LogP contribution is 1.85. The maximum absolute atomic E-state index is 3.90. The van der Waals surface area contributed by atoms with E-state index in [1.54, 1.807) is 10.8 Å². The Kier molecular flexibility index (Phi) is 9.88. The molecule has 0 radical (unpaired) electrons. The van der Waals surface area contributed by atoms with E-state index in [4.69, 9.17) is 0 Å². The van der Waals surface area contributed by atoms with Crippen molar-refractivity contribution in [3.05, 3.63) is 59.4 Å². The normalized spacial score (nSPS) is 13.8. The van der Waals surface area contributed by atoms with Gasteiger partial charge in [0.1, 0.15) is 0 Å². The molecule has 0 N–H and O–H groups in total. The Bertz CT molecular complexity index is 196. The summed E-state index contributed by atoms with van der Waals surface area (Å²) in [6.45, 7) is 0. The van der Waals surface area contributed by atoms with Gasteiger partial charge in [0, 0.05) is 0 Å². The topological polar surface area (TPSA) is 0 Å². The SMILES string of the molecule is S/C=C/C=C/C=C/C=C/C=C/S.